The first-order chi connectivity index (χ1) is 21.6. The third-order valence-electron chi connectivity index (χ3n) is 10.8. The van der Waals surface area contributed by atoms with Crippen LogP contribution in [0.4, 0.5) is 13.2 Å². The first-order valence-electron chi connectivity index (χ1n) is 16.2. The molecule has 3 heterocycles. The number of nitrogens with zero attached hydrogens (tertiary/aromatic N) is 2. The maximum atomic E-state index is 14.1. The molecule has 1 aliphatic carbocycles. The van der Waals surface area contributed by atoms with E-state index >= 15 is 0 Å². The Hall–Kier alpha value is -4.12. The van der Waals surface area contributed by atoms with E-state index < -0.39 is 11.6 Å². The zero-order chi connectivity index (χ0) is 31.2. The number of aryl methyl sites for hydroxylation is 2. The van der Waals surface area contributed by atoms with Gasteiger partial charge in [0.15, 0.2) is 6.20 Å². The maximum Gasteiger partial charge on any atom is 0.394 e. The van der Waals surface area contributed by atoms with Crippen molar-refractivity contribution >= 4 is 48.9 Å². The summed E-state index contributed by atoms with van der Waals surface area (Å²) in [5, 5.41) is 6.88. The highest BCUT2D eigenvalue weighted by Gasteiger charge is 2.47. The lowest BCUT2D eigenvalue weighted by molar-refractivity contribution is -0.659. The lowest BCUT2D eigenvalue weighted by Crippen LogP contribution is -2.34. The number of halogens is 3. The largest absolute Gasteiger partial charge is 0.394 e. The Balaban J connectivity index is 1.48. The molecular formula is C40H38F3N2+. The van der Waals surface area contributed by atoms with E-state index in [2.05, 4.69) is 89.8 Å². The molecule has 0 spiro atoms. The highest BCUT2D eigenvalue weighted by molar-refractivity contribution is 6.25. The molecule has 8 rings (SSSR count). The Morgan fingerprint density at radius 1 is 0.778 bits per heavy atom. The quantitative estimate of drug-likeness (QED) is 0.177. The highest BCUT2D eigenvalue weighted by atomic mass is 19.4. The van der Waals surface area contributed by atoms with E-state index in [1.165, 1.54) is 78.8 Å². The number of benzene rings is 4. The normalized spacial score (nSPS) is 15.4. The van der Waals surface area contributed by atoms with Gasteiger partial charge >= 0.3 is 6.18 Å². The average Bonchev–Trinajstić information content (AvgIpc) is 3.54. The van der Waals surface area contributed by atoms with Crippen LogP contribution >= 0.6 is 0 Å². The van der Waals surface area contributed by atoms with Crippen LogP contribution in [0.25, 0.3) is 60.1 Å². The van der Waals surface area contributed by atoms with Gasteiger partial charge in [-0.2, -0.15) is 17.7 Å². The van der Waals surface area contributed by atoms with Crippen LogP contribution < -0.4 is 4.57 Å². The van der Waals surface area contributed by atoms with Crippen LogP contribution in [0, 0.1) is 12.3 Å². The van der Waals surface area contributed by atoms with Gasteiger partial charge in [0.25, 0.3) is 0 Å². The summed E-state index contributed by atoms with van der Waals surface area (Å²) in [6.45, 7) is 4.86. The van der Waals surface area contributed by atoms with Gasteiger partial charge in [0.05, 0.1) is 22.0 Å². The molecule has 1 fully saturated rings. The molecule has 4 aromatic carbocycles. The number of hydrogen-bond acceptors (Lipinski definition) is 0. The molecule has 0 saturated heterocycles. The number of alkyl halides is 3. The summed E-state index contributed by atoms with van der Waals surface area (Å²) in [5.41, 5.74) is 7.12. The summed E-state index contributed by atoms with van der Waals surface area (Å²) in [6, 6.07) is 25.7. The second-order valence-corrected chi connectivity index (χ2v) is 14.0. The van der Waals surface area contributed by atoms with Gasteiger partial charge in [0.1, 0.15) is 12.6 Å². The summed E-state index contributed by atoms with van der Waals surface area (Å²) in [4.78, 5) is 0. The van der Waals surface area contributed by atoms with Crippen LogP contribution in [-0.2, 0) is 13.5 Å². The number of rotatable bonds is 4. The summed E-state index contributed by atoms with van der Waals surface area (Å²) in [7, 11) is 2.12. The van der Waals surface area contributed by atoms with Crippen molar-refractivity contribution in [1.29, 1.82) is 0 Å². The Morgan fingerprint density at radius 2 is 1.44 bits per heavy atom. The molecule has 5 heteroatoms. The SMILES string of the molecule is Cc1c(-c2c3c(cc[n+]2C)c2cccc4c5c(CC(C)(C)C(F)(F)F)cccc5n3c24)cc(C2CCCCC2)c2ccccc12. The second-order valence-electron chi connectivity index (χ2n) is 14.0. The van der Waals surface area contributed by atoms with E-state index in [1.54, 1.807) is 0 Å². The minimum atomic E-state index is -4.30. The molecule has 0 radical (unpaired) electrons. The van der Waals surface area contributed by atoms with Gasteiger partial charge in [0, 0.05) is 27.6 Å². The minimum absolute atomic E-state index is 0.0754. The highest BCUT2D eigenvalue weighted by Crippen LogP contribution is 2.47. The predicted molar refractivity (Wildman–Crippen MR) is 179 cm³/mol. The molecule has 2 nitrogen and oxygen atoms in total. The van der Waals surface area contributed by atoms with Gasteiger partial charge in [-0.25, -0.2) is 0 Å². The average molecular weight is 604 g/mol. The first-order valence-corrected chi connectivity index (χ1v) is 16.2. The fourth-order valence-corrected chi connectivity index (χ4v) is 8.31. The molecule has 7 aromatic rings. The minimum Gasteiger partial charge on any atom is -0.302 e. The molecule has 45 heavy (non-hydrogen) atoms. The van der Waals surface area contributed by atoms with E-state index in [0.717, 1.165) is 44.0 Å². The number of pyridine rings is 1. The Kier molecular flexibility index (Phi) is 6.26. The van der Waals surface area contributed by atoms with Crippen molar-refractivity contribution < 1.29 is 17.7 Å². The molecule has 1 saturated carbocycles. The van der Waals surface area contributed by atoms with E-state index in [0.29, 0.717) is 5.92 Å². The smallest absolute Gasteiger partial charge is 0.302 e. The van der Waals surface area contributed by atoms with Gasteiger partial charge in [0.2, 0.25) is 5.69 Å². The zero-order valence-corrected chi connectivity index (χ0v) is 26.4. The molecule has 0 unspecified atom stereocenters. The van der Waals surface area contributed by atoms with Crippen LogP contribution in [0.2, 0.25) is 0 Å². The van der Waals surface area contributed by atoms with Crippen molar-refractivity contribution in [3.8, 4) is 11.3 Å². The number of para-hydroxylation sites is 1. The van der Waals surface area contributed by atoms with Gasteiger partial charge < -0.3 is 4.40 Å². The van der Waals surface area contributed by atoms with E-state index in [4.69, 9.17) is 0 Å². The van der Waals surface area contributed by atoms with Gasteiger partial charge in [-0.15, -0.1) is 0 Å². The van der Waals surface area contributed by atoms with Crippen molar-refractivity contribution in [2.75, 3.05) is 0 Å². The van der Waals surface area contributed by atoms with Crippen molar-refractivity contribution in [3.63, 3.8) is 0 Å². The van der Waals surface area contributed by atoms with Crippen molar-refractivity contribution in [3.05, 3.63) is 95.7 Å². The van der Waals surface area contributed by atoms with Crippen LogP contribution in [0.15, 0.2) is 79.0 Å². The number of hydrogen-bond donors (Lipinski definition) is 0. The van der Waals surface area contributed by atoms with Crippen LogP contribution in [0.3, 0.4) is 0 Å². The van der Waals surface area contributed by atoms with Crippen LogP contribution in [0.5, 0.6) is 0 Å². The molecule has 0 N–H and O–H groups in total. The Labute approximate surface area is 261 Å². The van der Waals surface area contributed by atoms with Gasteiger partial charge in [-0.1, -0.05) is 87.7 Å². The van der Waals surface area contributed by atoms with Crippen molar-refractivity contribution in [1.82, 2.24) is 4.40 Å². The lowest BCUT2D eigenvalue weighted by Gasteiger charge is -2.28. The third kappa shape index (κ3) is 4.12. The molecule has 0 amide bonds. The fraction of sp³-hybridized carbons (Fsp3) is 0.325. The predicted octanol–water partition coefficient (Wildman–Crippen LogP) is 11.0. The molecule has 1 aliphatic rings. The van der Waals surface area contributed by atoms with Gasteiger partial charge in [-0.05, 0) is 71.7 Å². The Bertz CT molecular complexity index is 2260. The van der Waals surface area contributed by atoms with Gasteiger partial charge in [-0.3, -0.25) is 0 Å². The van der Waals surface area contributed by atoms with Crippen LogP contribution in [0.1, 0.15) is 68.6 Å². The molecule has 228 valence electrons. The lowest BCUT2D eigenvalue weighted by atomic mass is 9.80. The number of fused-ring (bicyclic) bond motifs is 7. The standard InChI is InChI=1S/C40H38F3N2/c1-24-27-15-8-9-16-28(27)33(25-12-6-5-7-13-25)22-32(24)37-38-30(20-21-44(37)4)29-17-11-18-31-35-26(23-39(2,3)40(41,42)43)14-10-19-34(35)45(38)36(29)31/h8-11,14-22,25H,5-7,12-13,23H2,1-4H3/q+1. The summed E-state index contributed by atoms with van der Waals surface area (Å²) in [6.07, 6.45) is 4.08. The summed E-state index contributed by atoms with van der Waals surface area (Å²) >= 11 is 0. The molecule has 3 aromatic heterocycles. The molecule has 0 atom stereocenters. The summed E-state index contributed by atoms with van der Waals surface area (Å²) < 4.78 is 46.9. The first kappa shape index (κ1) is 28.4. The molecule has 0 aliphatic heterocycles. The van der Waals surface area contributed by atoms with Crippen LogP contribution in [-0.4, -0.2) is 10.6 Å². The molecular weight excluding hydrogens is 565 g/mol. The van der Waals surface area contributed by atoms with Crippen molar-refractivity contribution in [2.24, 2.45) is 12.5 Å². The van der Waals surface area contributed by atoms with E-state index in [9.17, 15) is 13.2 Å². The second kappa shape index (κ2) is 9.94. The maximum absolute atomic E-state index is 14.1. The topological polar surface area (TPSA) is 8.29 Å². The zero-order valence-electron chi connectivity index (χ0n) is 26.4. The summed E-state index contributed by atoms with van der Waals surface area (Å²) in [5.74, 6) is 0.543. The monoisotopic (exact) mass is 603 g/mol. The molecule has 0 bridgehead atoms. The number of aromatic nitrogens is 2. The van der Waals surface area contributed by atoms with E-state index in [1.807, 2.05) is 12.1 Å². The fourth-order valence-electron chi connectivity index (χ4n) is 8.31. The third-order valence-corrected chi connectivity index (χ3v) is 10.8. The van der Waals surface area contributed by atoms with Crippen molar-refractivity contribution in [2.45, 2.75) is 71.4 Å². The Morgan fingerprint density at radius 3 is 2.20 bits per heavy atom. The van der Waals surface area contributed by atoms with E-state index in [-0.39, 0.29) is 6.42 Å².